The minimum atomic E-state index is 0.101. The van der Waals surface area contributed by atoms with Gasteiger partial charge in [-0.05, 0) is 42.5 Å². The van der Waals surface area contributed by atoms with E-state index in [0.29, 0.717) is 22.5 Å². The lowest BCUT2D eigenvalue weighted by Gasteiger charge is -2.33. The van der Waals surface area contributed by atoms with E-state index in [9.17, 15) is 4.79 Å². The second kappa shape index (κ2) is 7.60. The van der Waals surface area contributed by atoms with Crippen LogP contribution in [-0.4, -0.2) is 38.4 Å². The summed E-state index contributed by atoms with van der Waals surface area (Å²) in [7, 11) is 3.78. The fraction of sp³-hybridized carbons (Fsp3) is 0.350. The highest BCUT2D eigenvalue weighted by molar-refractivity contribution is 7.99. The molecular formula is C20H22N4O2S. The van der Waals surface area contributed by atoms with Crippen LogP contribution in [0.5, 0.6) is 0 Å². The van der Waals surface area contributed by atoms with Gasteiger partial charge in [-0.25, -0.2) is 0 Å². The van der Waals surface area contributed by atoms with Gasteiger partial charge in [0.1, 0.15) is 0 Å². The topological polar surface area (TPSA) is 64.2 Å². The molecule has 6 nitrogen and oxygen atoms in total. The summed E-state index contributed by atoms with van der Waals surface area (Å²) in [6.07, 6.45) is 4.83. The van der Waals surface area contributed by atoms with E-state index in [1.807, 2.05) is 35.7 Å². The molecule has 1 amide bonds. The molecule has 0 N–H and O–H groups in total. The Morgan fingerprint density at radius 2 is 2.15 bits per heavy atom. The summed E-state index contributed by atoms with van der Waals surface area (Å²) in [4.78, 5) is 14.7. The largest absolute Gasteiger partial charge is 0.461 e. The molecule has 0 saturated carbocycles. The quantitative estimate of drug-likeness (QED) is 0.630. The lowest BCUT2D eigenvalue weighted by molar-refractivity contribution is -0.129. The molecule has 7 heteroatoms. The number of carbonyl (C=O) groups excluding carboxylic acids is 1. The second-order valence-corrected chi connectivity index (χ2v) is 7.69. The summed E-state index contributed by atoms with van der Waals surface area (Å²) in [5.74, 6) is 1.76. The summed E-state index contributed by atoms with van der Waals surface area (Å²) in [5, 5.41) is 9.07. The van der Waals surface area contributed by atoms with Crippen molar-refractivity contribution >= 4 is 17.7 Å². The number of rotatable bonds is 5. The Morgan fingerprint density at radius 3 is 2.96 bits per heavy atom. The van der Waals surface area contributed by atoms with Crippen LogP contribution in [0.15, 0.2) is 52.2 Å². The maximum absolute atomic E-state index is 12.8. The van der Waals surface area contributed by atoms with E-state index >= 15 is 0 Å². The number of fused-ring (bicyclic) bond motifs is 1. The highest BCUT2D eigenvalue weighted by Gasteiger charge is 2.26. The van der Waals surface area contributed by atoms with Gasteiger partial charge >= 0.3 is 0 Å². The summed E-state index contributed by atoms with van der Waals surface area (Å²) in [6.45, 7) is 0. The molecule has 0 fully saturated rings. The number of aryl methyl sites for hydroxylation is 1. The van der Waals surface area contributed by atoms with Gasteiger partial charge in [-0.1, -0.05) is 36.0 Å². The van der Waals surface area contributed by atoms with Crippen LogP contribution in [0.4, 0.5) is 0 Å². The monoisotopic (exact) mass is 382 g/mol. The third-order valence-electron chi connectivity index (χ3n) is 5.10. The smallest absolute Gasteiger partial charge is 0.233 e. The number of benzene rings is 1. The number of furan rings is 1. The molecule has 1 aromatic carbocycles. The van der Waals surface area contributed by atoms with Crippen LogP contribution in [0.3, 0.4) is 0 Å². The molecule has 0 spiro atoms. The van der Waals surface area contributed by atoms with Gasteiger partial charge in [-0.2, -0.15) is 0 Å². The third-order valence-corrected chi connectivity index (χ3v) is 6.10. The van der Waals surface area contributed by atoms with Crippen molar-refractivity contribution in [2.45, 2.75) is 30.5 Å². The number of aromatic nitrogens is 3. The SMILES string of the molecule is CN(C(=O)CSc1nnc(-c2ccco2)n1C)[C@@H]1CCCc2ccccc21. The first-order valence-electron chi connectivity index (χ1n) is 9.04. The third kappa shape index (κ3) is 3.51. The molecule has 4 rings (SSSR count). The van der Waals surface area contributed by atoms with Gasteiger partial charge in [0.05, 0.1) is 18.1 Å². The zero-order chi connectivity index (χ0) is 18.8. The molecule has 1 atom stereocenters. The predicted molar refractivity (Wildman–Crippen MR) is 104 cm³/mol. The van der Waals surface area contributed by atoms with Gasteiger partial charge in [0.15, 0.2) is 16.7 Å². The first-order chi connectivity index (χ1) is 13.1. The van der Waals surface area contributed by atoms with Crippen molar-refractivity contribution in [3.05, 3.63) is 53.8 Å². The van der Waals surface area contributed by atoms with Crippen LogP contribution in [0, 0.1) is 0 Å². The van der Waals surface area contributed by atoms with Crippen molar-refractivity contribution in [1.29, 1.82) is 0 Å². The van der Waals surface area contributed by atoms with Crippen molar-refractivity contribution < 1.29 is 9.21 Å². The normalized spacial score (nSPS) is 16.1. The zero-order valence-electron chi connectivity index (χ0n) is 15.5. The summed E-state index contributed by atoms with van der Waals surface area (Å²) in [6, 6.07) is 12.3. The number of hydrogen-bond acceptors (Lipinski definition) is 5. The number of hydrogen-bond donors (Lipinski definition) is 0. The predicted octanol–water partition coefficient (Wildman–Crippen LogP) is 3.70. The Balaban J connectivity index is 1.43. The van der Waals surface area contributed by atoms with E-state index in [4.69, 9.17) is 4.42 Å². The van der Waals surface area contributed by atoms with Crippen LogP contribution in [0.25, 0.3) is 11.6 Å². The standard InChI is InChI=1S/C20H22N4O2S/c1-23(16-10-5-8-14-7-3-4-9-15(14)16)18(25)13-27-20-22-21-19(24(20)2)17-11-6-12-26-17/h3-4,6-7,9,11-12,16H,5,8,10,13H2,1-2H3/t16-/m1/s1. The molecule has 2 aromatic heterocycles. The molecule has 0 radical (unpaired) electrons. The highest BCUT2D eigenvalue weighted by Crippen LogP contribution is 2.34. The first kappa shape index (κ1) is 17.9. The molecule has 27 heavy (non-hydrogen) atoms. The van der Waals surface area contributed by atoms with Crippen LogP contribution in [0.1, 0.15) is 30.0 Å². The van der Waals surface area contributed by atoms with E-state index < -0.39 is 0 Å². The lowest BCUT2D eigenvalue weighted by Crippen LogP contribution is -2.34. The number of thioether (sulfide) groups is 1. The second-order valence-electron chi connectivity index (χ2n) is 6.74. The average Bonchev–Trinajstić information content (AvgIpc) is 3.35. The highest BCUT2D eigenvalue weighted by atomic mass is 32.2. The number of amides is 1. The number of carbonyl (C=O) groups is 1. The van der Waals surface area contributed by atoms with Crippen molar-refractivity contribution in [3.63, 3.8) is 0 Å². The van der Waals surface area contributed by atoms with E-state index in [2.05, 4.69) is 34.5 Å². The maximum atomic E-state index is 12.8. The molecule has 3 aromatic rings. The van der Waals surface area contributed by atoms with E-state index in [1.165, 1.54) is 22.9 Å². The maximum Gasteiger partial charge on any atom is 0.233 e. The van der Waals surface area contributed by atoms with Crippen molar-refractivity contribution in [3.8, 4) is 11.6 Å². The molecule has 1 aliphatic rings. The molecule has 0 bridgehead atoms. The minimum Gasteiger partial charge on any atom is -0.461 e. The zero-order valence-corrected chi connectivity index (χ0v) is 16.3. The van der Waals surface area contributed by atoms with Gasteiger partial charge < -0.3 is 13.9 Å². The molecule has 2 heterocycles. The Labute approximate surface area is 162 Å². The van der Waals surface area contributed by atoms with Crippen LogP contribution in [-0.2, 0) is 18.3 Å². The lowest BCUT2D eigenvalue weighted by atomic mass is 9.87. The van der Waals surface area contributed by atoms with Gasteiger partial charge in [-0.3, -0.25) is 4.79 Å². The molecular weight excluding hydrogens is 360 g/mol. The van der Waals surface area contributed by atoms with Gasteiger partial charge in [0.2, 0.25) is 5.91 Å². The number of nitrogens with zero attached hydrogens (tertiary/aromatic N) is 4. The Bertz CT molecular complexity index is 935. The molecule has 0 aliphatic heterocycles. The average molecular weight is 382 g/mol. The summed E-state index contributed by atoms with van der Waals surface area (Å²) in [5.41, 5.74) is 2.64. The Morgan fingerprint density at radius 1 is 1.30 bits per heavy atom. The Kier molecular flexibility index (Phi) is 5.03. The van der Waals surface area contributed by atoms with Crippen LogP contribution >= 0.6 is 11.8 Å². The van der Waals surface area contributed by atoms with Crippen LogP contribution < -0.4 is 0 Å². The first-order valence-corrected chi connectivity index (χ1v) is 10.0. The van der Waals surface area contributed by atoms with Gasteiger partial charge in [0, 0.05) is 14.1 Å². The van der Waals surface area contributed by atoms with E-state index in [0.717, 1.165) is 19.3 Å². The summed E-state index contributed by atoms with van der Waals surface area (Å²) >= 11 is 1.40. The minimum absolute atomic E-state index is 0.101. The fourth-order valence-electron chi connectivity index (χ4n) is 3.59. The molecule has 0 saturated heterocycles. The molecule has 140 valence electrons. The van der Waals surface area contributed by atoms with E-state index in [-0.39, 0.29) is 11.9 Å². The van der Waals surface area contributed by atoms with Crippen molar-refractivity contribution in [1.82, 2.24) is 19.7 Å². The van der Waals surface area contributed by atoms with Crippen molar-refractivity contribution in [2.24, 2.45) is 7.05 Å². The Hall–Kier alpha value is -2.54. The van der Waals surface area contributed by atoms with Crippen molar-refractivity contribution in [2.75, 3.05) is 12.8 Å². The molecule has 1 aliphatic carbocycles. The van der Waals surface area contributed by atoms with Crippen LogP contribution in [0.2, 0.25) is 0 Å². The van der Waals surface area contributed by atoms with E-state index in [1.54, 1.807) is 6.26 Å². The summed E-state index contributed by atoms with van der Waals surface area (Å²) < 4.78 is 7.24. The van der Waals surface area contributed by atoms with Gasteiger partial charge in [0.25, 0.3) is 0 Å². The van der Waals surface area contributed by atoms with Gasteiger partial charge in [-0.15, -0.1) is 10.2 Å². The fourth-order valence-corrected chi connectivity index (χ4v) is 4.43. The molecule has 0 unspecified atom stereocenters.